The Labute approximate surface area is 122 Å². The van der Waals surface area contributed by atoms with Crippen molar-refractivity contribution in [2.75, 3.05) is 0 Å². The number of hydrogen-bond acceptors (Lipinski definition) is 1. The SMILES string of the molecule is CC1CC(C(=O)O)=C(F)C=C1c1cccc(C(F)(F)F)c1F. The average Bonchev–Trinajstić information content (AvgIpc) is 2.40. The van der Waals surface area contributed by atoms with Crippen molar-refractivity contribution in [3.05, 3.63) is 52.6 Å². The minimum Gasteiger partial charge on any atom is -0.478 e. The number of rotatable bonds is 2. The van der Waals surface area contributed by atoms with Gasteiger partial charge in [0.15, 0.2) is 0 Å². The largest absolute Gasteiger partial charge is 0.478 e. The smallest absolute Gasteiger partial charge is 0.419 e. The molecule has 118 valence electrons. The highest BCUT2D eigenvalue weighted by Gasteiger charge is 2.36. The Hall–Kier alpha value is -2.18. The average molecular weight is 318 g/mol. The van der Waals surface area contributed by atoms with Crippen molar-refractivity contribution in [2.24, 2.45) is 5.92 Å². The molecule has 0 bridgehead atoms. The molecule has 0 spiro atoms. The molecular formula is C15H11F5O2. The molecule has 0 saturated carbocycles. The van der Waals surface area contributed by atoms with Gasteiger partial charge in [-0.05, 0) is 30.1 Å². The molecule has 0 aliphatic heterocycles. The molecule has 1 unspecified atom stereocenters. The topological polar surface area (TPSA) is 37.3 Å². The fourth-order valence-corrected chi connectivity index (χ4v) is 2.39. The summed E-state index contributed by atoms with van der Waals surface area (Å²) in [6, 6.07) is 2.75. The number of carbonyl (C=O) groups is 1. The zero-order valence-corrected chi connectivity index (χ0v) is 11.3. The van der Waals surface area contributed by atoms with Crippen LogP contribution in [0.5, 0.6) is 0 Å². The summed E-state index contributed by atoms with van der Waals surface area (Å²) < 4.78 is 66.0. The minimum absolute atomic E-state index is 0.00565. The molecule has 0 radical (unpaired) electrons. The number of carboxylic acids is 1. The number of hydrogen-bond donors (Lipinski definition) is 1. The van der Waals surface area contributed by atoms with Gasteiger partial charge in [-0.15, -0.1) is 0 Å². The summed E-state index contributed by atoms with van der Waals surface area (Å²) in [4.78, 5) is 10.9. The molecule has 0 saturated heterocycles. The van der Waals surface area contributed by atoms with Gasteiger partial charge in [-0.1, -0.05) is 19.1 Å². The van der Waals surface area contributed by atoms with Crippen LogP contribution in [0.25, 0.3) is 5.57 Å². The number of allylic oxidation sites excluding steroid dienone is 3. The van der Waals surface area contributed by atoms with E-state index in [1.54, 1.807) is 0 Å². The minimum atomic E-state index is -4.86. The zero-order chi connectivity index (χ0) is 16.7. The second-order valence-corrected chi connectivity index (χ2v) is 5.00. The van der Waals surface area contributed by atoms with Crippen molar-refractivity contribution < 1.29 is 31.9 Å². The molecule has 1 aromatic rings. The van der Waals surface area contributed by atoms with E-state index in [0.29, 0.717) is 6.07 Å². The van der Waals surface area contributed by atoms with Crippen LogP contribution < -0.4 is 0 Å². The predicted molar refractivity (Wildman–Crippen MR) is 68.9 cm³/mol. The molecule has 2 rings (SSSR count). The van der Waals surface area contributed by atoms with Crippen molar-refractivity contribution in [1.29, 1.82) is 0 Å². The highest BCUT2D eigenvalue weighted by Crippen LogP contribution is 2.40. The molecule has 0 amide bonds. The number of benzene rings is 1. The molecule has 1 N–H and O–H groups in total. The summed E-state index contributed by atoms with van der Waals surface area (Å²) in [7, 11) is 0. The van der Waals surface area contributed by atoms with Crippen molar-refractivity contribution >= 4 is 11.5 Å². The van der Waals surface area contributed by atoms with Gasteiger partial charge in [0.1, 0.15) is 11.6 Å². The lowest BCUT2D eigenvalue weighted by atomic mass is 9.83. The summed E-state index contributed by atoms with van der Waals surface area (Å²) in [6.07, 6.45) is -4.29. The molecule has 0 heterocycles. The van der Waals surface area contributed by atoms with Gasteiger partial charge in [0.05, 0.1) is 11.1 Å². The fraction of sp³-hybridized carbons (Fsp3) is 0.267. The summed E-state index contributed by atoms with van der Waals surface area (Å²) >= 11 is 0. The van der Waals surface area contributed by atoms with Gasteiger partial charge in [-0.3, -0.25) is 0 Å². The maximum absolute atomic E-state index is 14.1. The molecule has 1 aliphatic carbocycles. The van der Waals surface area contributed by atoms with Crippen molar-refractivity contribution in [2.45, 2.75) is 19.5 Å². The summed E-state index contributed by atoms with van der Waals surface area (Å²) in [6.45, 7) is 1.50. The van der Waals surface area contributed by atoms with Gasteiger partial charge in [0.25, 0.3) is 0 Å². The molecule has 1 aromatic carbocycles. The Balaban J connectivity index is 2.58. The number of carboxylic acid groups (broad SMARTS) is 1. The Morgan fingerprint density at radius 1 is 1.27 bits per heavy atom. The van der Waals surface area contributed by atoms with E-state index in [-0.39, 0.29) is 17.6 Å². The highest BCUT2D eigenvalue weighted by molar-refractivity contribution is 5.90. The molecule has 0 aromatic heterocycles. The normalized spacial score (nSPS) is 19.2. The van der Waals surface area contributed by atoms with Crippen molar-refractivity contribution in [1.82, 2.24) is 0 Å². The van der Waals surface area contributed by atoms with Crippen molar-refractivity contribution in [3.63, 3.8) is 0 Å². The van der Waals surface area contributed by atoms with Gasteiger partial charge in [-0.25, -0.2) is 13.6 Å². The number of alkyl halides is 3. The molecular weight excluding hydrogens is 307 g/mol. The van der Waals surface area contributed by atoms with Crippen LogP contribution in [-0.2, 0) is 11.0 Å². The highest BCUT2D eigenvalue weighted by atomic mass is 19.4. The third kappa shape index (κ3) is 2.88. The van der Waals surface area contributed by atoms with E-state index in [2.05, 4.69) is 0 Å². The van der Waals surface area contributed by atoms with Crippen LogP contribution in [0.3, 0.4) is 0 Å². The lowest BCUT2D eigenvalue weighted by molar-refractivity contribution is -0.140. The molecule has 0 fully saturated rings. The Morgan fingerprint density at radius 2 is 1.91 bits per heavy atom. The first-order chi connectivity index (χ1) is 10.1. The van der Waals surface area contributed by atoms with E-state index < -0.39 is 40.8 Å². The maximum Gasteiger partial charge on any atom is 0.419 e. The van der Waals surface area contributed by atoms with Crippen LogP contribution in [0.15, 0.2) is 35.7 Å². The van der Waals surface area contributed by atoms with Gasteiger partial charge < -0.3 is 5.11 Å². The van der Waals surface area contributed by atoms with Gasteiger partial charge >= 0.3 is 12.1 Å². The lowest BCUT2D eigenvalue weighted by Gasteiger charge is -2.22. The van der Waals surface area contributed by atoms with E-state index >= 15 is 0 Å². The lowest BCUT2D eigenvalue weighted by Crippen LogP contribution is -2.15. The van der Waals surface area contributed by atoms with E-state index in [0.717, 1.165) is 18.2 Å². The van der Waals surface area contributed by atoms with Gasteiger partial charge in [0, 0.05) is 5.56 Å². The van der Waals surface area contributed by atoms with Crippen LogP contribution in [0.2, 0.25) is 0 Å². The summed E-state index contributed by atoms with van der Waals surface area (Å²) in [5, 5.41) is 8.84. The van der Waals surface area contributed by atoms with Gasteiger partial charge in [-0.2, -0.15) is 13.2 Å². The molecule has 2 nitrogen and oxygen atoms in total. The van der Waals surface area contributed by atoms with E-state index in [1.807, 2.05) is 0 Å². The second kappa shape index (κ2) is 5.55. The van der Waals surface area contributed by atoms with Crippen LogP contribution in [-0.4, -0.2) is 11.1 Å². The van der Waals surface area contributed by atoms with Crippen molar-refractivity contribution in [3.8, 4) is 0 Å². The molecule has 7 heteroatoms. The van der Waals surface area contributed by atoms with Crippen LogP contribution in [0, 0.1) is 11.7 Å². The Morgan fingerprint density at radius 3 is 2.45 bits per heavy atom. The van der Waals surface area contributed by atoms with E-state index in [9.17, 15) is 26.7 Å². The first kappa shape index (κ1) is 16.2. The van der Waals surface area contributed by atoms with Gasteiger partial charge in [0.2, 0.25) is 0 Å². The number of halogens is 5. The summed E-state index contributed by atoms with van der Waals surface area (Å²) in [5.74, 6) is -4.62. The zero-order valence-electron chi connectivity index (χ0n) is 11.3. The second-order valence-electron chi connectivity index (χ2n) is 5.00. The Kier molecular flexibility index (Phi) is 4.08. The predicted octanol–water partition coefficient (Wildman–Crippen LogP) is 4.58. The monoisotopic (exact) mass is 318 g/mol. The summed E-state index contributed by atoms with van der Waals surface area (Å²) in [5.41, 5.74) is -2.27. The van der Waals surface area contributed by atoms with Crippen LogP contribution >= 0.6 is 0 Å². The van der Waals surface area contributed by atoms with Crippen LogP contribution in [0.1, 0.15) is 24.5 Å². The standard InChI is InChI=1S/C15H11F5O2/c1-7-5-10(14(21)22)12(16)6-9(7)8-3-2-4-11(13(8)17)15(18,19)20/h2-4,6-7H,5H2,1H3,(H,21,22). The van der Waals surface area contributed by atoms with E-state index in [1.165, 1.54) is 6.92 Å². The first-order valence-electron chi connectivity index (χ1n) is 6.32. The van der Waals surface area contributed by atoms with E-state index in [4.69, 9.17) is 5.11 Å². The first-order valence-corrected chi connectivity index (χ1v) is 6.32. The quantitative estimate of drug-likeness (QED) is 0.811. The molecule has 1 aliphatic rings. The maximum atomic E-state index is 14.1. The molecule has 22 heavy (non-hydrogen) atoms. The third-order valence-electron chi connectivity index (χ3n) is 3.49. The third-order valence-corrected chi connectivity index (χ3v) is 3.49. The number of aliphatic carboxylic acids is 1. The molecule has 1 atom stereocenters. The Bertz CT molecular complexity index is 686. The van der Waals surface area contributed by atoms with Crippen LogP contribution in [0.4, 0.5) is 22.0 Å². The fourth-order valence-electron chi connectivity index (χ4n) is 2.39.